The summed E-state index contributed by atoms with van der Waals surface area (Å²) >= 11 is 0. The highest BCUT2D eigenvalue weighted by atomic mass is 16.4. The molecule has 0 saturated heterocycles. The Hall–Kier alpha value is -2.96. The van der Waals surface area contributed by atoms with E-state index in [1.165, 1.54) is 24.5 Å². The van der Waals surface area contributed by atoms with E-state index in [2.05, 4.69) is 9.97 Å². The molecule has 7 heteroatoms. The number of aromatic nitrogens is 2. The maximum Gasteiger partial charge on any atom is 0.344 e. The molecule has 0 aliphatic carbocycles. The molecule has 0 bridgehead atoms. The summed E-state index contributed by atoms with van der Waals surface area (Å²) in [7, 11) is 0. The van der Waals surface area contributed by atoms with Crippen LogP contribution >= 0.6 is 0 Å². The van der Waals surface area contributed by atoms with Gasteiger partial charge >= 0.3 is 17.6 Å². The molecule has 1 aromatic heterocycles. The van der Waals surface area contributed by atoms with Gasteiger partial charge in [-0.1, -0.05) is 0 Å². The first-order valence-electron chi connectivity index (χ1n) is 5.14. The molecule has 0 unspecified atom stereocenters. The maximum atomic E-state index is 10.9. The number of carboxylic acids is 2. The smallest absolute Gasteiger partial charge is 0.344 e. The van der Waals surface area contributed by atoms with Gasteiger partial charge in [0.1, 0.15) is 0 Å². The maximum absolute atomic E-state index is 10.9. The Balaban J connectivity index is 2.62. The van der Waals surface area contributed by atoms with Gasteiger partial charge in [0.15, 0.2) is 0 Å². The van der Waals surface area contributed by atoms with E-state index in [0.717, 1.165) is 6.07 Å². The molecule has 1 heterocycles. The largest absolute Gasteiger partial charge is 0.478 e. The van der Waals surface area contributed by atoms with Gasteiger partial charge in [-0.15, -0.1) is 0 Å². The number of nitrogens with one attached hydrogen (secondary N) is 1. The van der Waals surface area contributed by atoms with E-state index in [4.69, 9.17) is 10.2 Å². The van der Waals surface area contributed by atoms with Crippen molar-refractivity contribution in [3.05, 3.63) is 52.2 Å². The van der Waals surface area contributed by atoms with Crippen molar-refractivity contribution in [3.8, 4) is 11.1 Å². The highest BCUT2D eigenvalue weighted by Gasteiger charge is 2.12. The van der Waals surface area contributed by atoms with Crippen LogP contribution < -0.4 is 5.69 Å². The number of rotatable bonds is 3. The van der Waals surface area contributed by atoms with Crippen LogP contribution in [0.25, 0.3) is 11.1 Å². The van der Waals surface area contributed by atoms with Crippen molar-refractivity contribution in [1.82, 2.24) is 9.97 Å². The number of aromatic amines is 1. The van der Waals surface area contributed by atoms with Crippen LogP contribution in [0, 0.1) is 0 Å². The topological polar surface area (TPSA) is 120 Å². The van der Waals surface area contributed by atoms with Crippen molar-refractivity contribution < 1.29 is 19.8 Å². The molecule has 3 N–H and O–H groups in total. The lowest BCUT2D eigenvalue weighted by atomic mass is 10.0. The first-order chi connectivity index (χ1) is 8.97. The SMILES string of the molecule is O=C(O)c1cc(C(=O)O)cc(-c2cnc(=O)[nH]c2)c1. The predicted octanol–water partition coefficient (Wildman–Crippen LogP) is 0.833. The van der Waals surface area contributed by atoms with E-state index in [0.29, 0.717) is 11.1 Å². The predicted molar refractivity (Wildman–Crippen MR) is 64.2 cm³/mol. The zero-order chi connectivity index (χ0) is 14.0. The molecule has 0 fully saturated rings. The van der Waals surface area contributed by atoms with Crippen molar-refractivity contribution >= 4 is 11.9 Å². The van der Waals surface area contributed by atoms with Crippen LogP contribution in [0.1, 0.15) is 20.7 Å². The van der Waals surface area contributed by atoms with Crippen LogP contribution in [0.3, 0.4) is 0 Å². The normalized spacial score (nSPS) is 10.1. The quantitative estimate of drug-likeness (QED) is 0.751. The van der Waals surface area contributed by atoms with E-state index in [1.807, 2.05) is 0 Å². The fourth-order valence-corrected chi connectivity index (χ4v) is 1.54. The number of carboxylic acid groups (broad SMARTS) is 2. The second kappa shape index (κ2) is 4.73. The van der Waals surface area contributed by atoms with Gasteiger partial charge in [0.25, 0.3) is 0 Å². The second-order valence-electron chi connectivity index (χ2n) is 3.72. The molecule has 2 rings (SSSR count). The number of hydrogen-bond acceptors (Lipinski definition) is 4. The van der Waals surface area contributed by atoms with Crippen LogP contribution in [-0.2, 0) is 0 Å². The third kappa shape index (κ3) is 2.65. The van der Waals surface area contributed by atoms with E-state index in [1.54, 1.807) is 0 Å². The highest BCUT2D eigenvalue weighted by Crippen LogP contribution is 2.21. The summed E-state index contributed by atoms with van der Waals surface area (Å²) < 4.78 is 0. The Morgan fingerprint density at radius 1 is 1.00 bits per heavy atom. The van der Waals surface area contributed by atoms with Gasteiger partial charge < -0.3 is 15.2 Å². The summed E-state index contributed by atoms with van der Waals surface area (Å²) in [5, 5.41) is 17.9. The van der Waals surface area contributed by atoms with Crippen molar-refractivity contribution in [2.75, 3.05) is 0 Å². The first-order valence-corrected chi connectivity index (χ1v) is 5.14. The zero-order valence-electron chi connectivity index (χ0n) is 9.45. The minimum Gasteiger partial charge on any atom is -0.478 e. The lowest BCUT2D eigenvalue weighted by molar-refractivity contribution is 0.0696. The molecule has 19 heavy (non-hydrogen) atoms. The lowest BCUT2D eigenvalue weighted by Gasteiger charge is -2.04. The number of benzene rings is 1. The van der Waals surface area contributed by atoms with Crippen LogP contribution in [0.2, 0.25) is 0 Å². The Morgan fingerprint density at radius 3 is 2.00 bits per heavy atom. The Labute approximate surface area is 106 Å². The van der Waals surface area contributed by atoms with Crippen molar-refractivity contribution in [2.24, 2.45) is 0 Å². The molecule has 0 saturated carbocycles. The number of carbonyl (C=O) groups is 2. The number of nitrogens with zero attached hydrogens (tertiary/aromatic N) is 1. The van der Waals surface area contributed by atoms with Crippen molar-refractivity contribution in [3.63, 3.8) is 0 Å². The van der Waals surface area contributed by atoms with Gasteiger partial charge in [-0.2, -0.15) is 0 Å². The van der Waals surface area contributed by atoms with Gasteiger partial charge in [-0.3, -0.25) is 0 Å². The Kier molecular flexibility index (Phi) is 3.11. The molecule has 1 aromatic carbocycles. The summed E-state index contributed by atoms with van der Waals surface area (Å²) in [6.45, 7) is 0. The van der Waals surface area contributed by atoms with Crippen LogP contribution in [0.4, 0.5) is 0 Å². The van der Waals surface area contributed by atoms with Crippen LogP contribution in [-0.4, -0.2) is 32.1 Å². The van der Waals surface area contributed by atoms with E-state index in [-0.39, 0.29) is 11.1 Å². The van der Waals surface area contributed by atoms with E-state index < -0.39 is 17.6 Å². The highest BCUT2D eigenvalue weighted by molar-refractivity contribution is 5.96. The molecule has 0 amide bonds. The average Bonchev–Trinajstić information content (AvgIpc) is 2.39. The summed E-state index contributed by atoms with van der Waals surface area (Å²) in [5.41, 5.74) is -0.0787. The summed E-state index contributed by atoms with van der Waals surface area (Å²) in [6, 6.07) is 3.68. The third-order valence-corrected chi connectivity index (χ3v) is 2.43. The Bertz CT molecular complexity index is 668. The molecule has 0 aliphatic rings. The van der Waals surface area contributed by atoms with Gasteiger partial charge in [0.2, 0.25) is 0 Å². The molecule has 0 spiro atoms. The fourth-order valence-electron chi connectivity index (χ4n) is 1.54. The number of aromatic carboxylic acids is 2. The molecular weight excluding hydrogens is 252 g/mol. The first kappa shape index (κ1) is 12.5. The molecule has 0 atom stereocenters. The number of hydrogen-bond donors (Lipinski definition) is 3. The fraction of sp³-hybridized carbons (Fsp3) is 0. The minimum atomic E-state index is -1.23. The molecular formula is C12H8N2O5. The summed E-state index contributed by atoms with van der Waals surface area (Å²) in [4.78, 5) is 38.6. The summed E-state index contributed by atoms with van der Waals surface area (Å²) in [6.07, 6.45) is 2.58. The van der Waals surface area contributed by atoms with Crippen molar-refractivity contribution in [1.29, 1.82) is 0 Å². The second-order valence-corrected chi connectivity index (χ2v) is 3.72. The molecule has 0 radical (unpaired) electrons. The van der Waals surface area contributed by atoms with Gasteiger partial charge in [-0.05, 0) is 23.8 Å². The third-order valence-electron chi connectivity index (χ3n) is 2.43. The average molecular weight is 260 g/mol. The van der Waals surface area contributed by atoms with Gasteiger partial charge in [0, 0.05) is 18.0 Å². The Morgan fingerprint density at radius 2 is 1.58 bits per heavy atom. The van der Waals surface area contributed by atoms with Gasteiger partial charge in [0.05, 0.1) is 11.1 Å². The molecule has 7 nitrogen and oxygen atoms in total. The molecule has 2 aromatic rings. The zero-order valence-corrected chi connectivity index (χ0v) is 9.45. The van der Waals surface area contributed by atoms with Crippen molar-refractivity contribution in [2.45, 2.75) is 0 Å². The van der Waals surface area contributed by atoms with Crippen LogP contribution in [0.15, 0.2) is 35.4 Å². The summed E-state index contributed by atoms with van der Waals surface area (Å²) in [5.74, 6) is -2.47. The van der Waals surface area contributed by atoms with Crippen LogP contribution in [0.5, 0.6) is 0 Å². The molecule has 0 aliphatic heterocycles. The standard InChI is InChI=1S/C12H8N2O5/c15-10(16)7-1-6(2-8(3-7)11(17)18)9-4-13-12(19)14-5-9/h1-5H,(H,15,16)(H,17,18)(H,13,14,19). The van der Waals surface area contributed by atoms with E-state index >= 15 is 0 Å². The molecule has 96 valence electrons. The lowest BCUT2D eigenvalue weighted by Crippen LogP contribution is -2.08. The van der Waals surface area contributed by atoms with Gasteiger partial charge in [-0.25, -0.2) is 19.4 Å². The number of H-pyrrole nitrogens is 1. The minimum absolute atomic E-state index is 0.152. The monoisotopic (exact) mass is 260 g/mol. The van der Waals surface area contributed by atoms with E-state index in [9.17, 15) is 14.4 Å².